The van der Waals surface area contributed by atoms with Gasteiger partial charge in [0.15, 0.2) is 0 Å². The summed E-state index contributed by atoms with van der Waals surface area (Å²) in [6, 6.07) is 0. The van der Waals surface area contributed by atoms with Crippen LogP contribution in [0.2, 0.25) is 0 Å². The maximum Gasteiger partial charge on any atom is 0.323 e. The summed E-state index contributed by atoms with van der Waals surface area (Å²) in [6.45, 7) is 11.1. The number of carboxylic acid groups (broad SMARTS) is 1. The van der Waals surface area contributed by atoms with E-state index in [0.29, 0.717) is 0 Å². The minimum atomic E-state index is -0.967. The van der Waals surface area contributed by atoms with Crippen LogP contribution >= 0.6 is 0 Å². The Balaban J connectivity index is 2.94. The Morgan fingerprint density at radius 1 is 1.25 bits per heavy atom. The zero-order chi connectivity index (χ0) is 15.6. The standard InChI is InChI=1S/C15H28N2O3/c1-14(2,3)17(10-12(18)19)13(20)15(4,5)11-7-6-8-16-9-11/h11,16H,6-10H2,1-5H3,(H,18,19). The highest BCUT2D eigenvalue weighted by Crippen LogP contribution is 2.35. The molecule has 1 rings (SSSR count). The average molecular weight is 284 g/mol. The van der Waals surface area contributed by atoms with Gasteiger partial charge in [0.25, 0.3) is 0 Å². The van der Waals surface area contributed by atoms with Gasteiger partial charge in [0.1, 0.15) is 6.54 Å². The van der Waals surface area contributed by atoms with Crippen LogP contribution < -0.4 is 5.32 Å². The van der Waals surface area contributed by atoms with Crippen molar-refractivity contribution in [3.8, 4) is 0 Å². The fourth-order valence-electron chi connectivity index (χ4n) is 2.74. The number of hydrogen-bond acceptors (Lipinski definition) is 3. The highest BCUT2D eigenvalue weighted by molar-refractivity contribution is 5.86. The molecular formula is C15H28N2O3. The van der Waals surface area contributed by atoms with E-state index < -0.39 is 16.9 Å². The van der Waals surface area contributed by atoms with Crippen molar-refractivity contribution in [1.29, 1.82) is 0 Å². The van der Waals surface area contributed by atoms with Crippen LogP contribution in [0.15, 0.2) is 0 Å². The summed E-state index contributed by atoms with van der Waals surface area (Å²) in [5, 5.41) is 12.4. The highest BCUT2D eigenvalue weighted by Gasteiger charge is 2.43. The van der Waals surface area contributed by atoms with E-state index in [-0.39, 0.29) is 18.4 Å². The number of piperidine rings is 1. The van der Waals surface area contributed by atoms with Gasteiger partial charge >= 0.3 is 5.97 Å². The molecule has 1 fully saturated rings. The number of rotatable bonds is 4. The molecule has 5 heteroatoms. The lowest BCUT2D eigenvalue weighted by molar-refractivity contribution is -0.156. The van der Waals surface area contributed by atoms with Gasteiger partial charge in [-0.25, -0.2) is 0 Å². The third-order valence-electron chi connectivity index (χ3n) is 4.22. The van der Waals surface area contributed by atoms with Gasteiger partial charge in [0.2, 0.25) is 5.91 Å². The molecular weight excluding hydrogens is 256 g/mol. The van der Waals surface area contributed by atoms with E-state index in [1.54, 1.807) is 0 Å². The summed E-state index contributed by atoms with van der Waals surface area (Å²) in [4.78, 5) is 25.4. The fourth-order valence-corrected chi connectivity index (χ4v) is 2.74. The maximum atomic E-state index is 12.9. The fraction of sp³-hybridized carbons (Fsp3) is 0.867. The largest absolute Gasteiger partial charge is 0.480 e. The number of nitrogens with one attached hydrogen (secondary N) is 1. The lowest BCUT2D eigenvalue weighted by Gasteiger charge is -2.43. The molecule has 5 nitrogen and oxygen atoms in total. The number of nitrogens with zero attached hydrogens (tertiary/aromatic N) is 1. The average Bonchev–Trinajstić information content (AvgIpc) is 2.34. The molecule has 1 heterocycles. The molecule has 0 aliphatic carbocycles. The molecule has 0 bridgehead atoms. The highest BCUT2D eigenvalue weighted by atomic mass is 16.4. The first-order valence-electron chi connectivity index (χ1n) is 7.31. The first-order chi connectivity index (χ1) is 9.06. The number of amides is 1. The lowest BCUT2D eigenvalue weighted by Crippen LogP contribution is -2.56. The third-order valence-corrected chi connectivity index (χ3v) is 4.22. The second-order valence-electron chi connectivity index (χ2n) is 7.22. The molecule has 1 unspecified atom stereocenters. The number of carbonyl (C=O) groups is 2. The molecule has 0 saturated carbocycles. The van der Waals surface area contributed by atoms with Crippen LogP contribution in [0.25, 0.3) is 0 Å². The zero-order valence-corrected chi connectivity index (χ0v) is 13.3. The van der Waals surface area contributed by atoms with Crippen molar-refractivity contribution >= 4 is 11.9 Å². The van der Waals surface area contributed by atoms with Gasteiger partial charge in [0, 0.05) is 11.0 Å². The van der Waals surface area contributed by atoms with Gasteiger partial charge < -0.3 is 15.3 Å². The maximum absolute atomic E-state index is 12.9. The molecule has 1 atom stereocenters. The van der Waals surface area contributed by atoms with Crippen molar-refractivity contribution in [3.63, 3.8) is 0 Å². The van der Waals surface area contributed by atoms with E-state index in [2.05, 4.69) is 5.32 Å². The van der Waals surface area contributed by atoms with E-state index >= 15 is 0 Å². The number of carbonyl (C=O) groups excluding carboxylic acids is 1. The van der Waals surface area contributed by atoms with Gasteiger partial charge in [-0.2, -0.15) is 0 Å². The minimum Gasteiger partial charge on any atom is -0.480 e. The Bertz CT molecular complexity index is 366. The Labute approximate surface area is 121 Å². The van der Waals surface area contributed by atoms with E-state index in [0.717, 1.165) is 25.9 Å². The predicted octanol–water partition coefficient (Wildman–Crippen LogP) is 1.72. The van der Waals surface area contributed by atoms with Crippen molar-refractivity contribution in [2.45, 2.75) is 53.0 Å². The van der Waals surface area contributed by atoms with Crippen LogP contribution in [0.4, 0.5) is 0 Å². The lowest BCUT2D eigenvalue weighted by atomic mass is 9.73. The Morgan fingerprint density at radius 3 is 2.25 bits per heavy atom. The van der Waals surface area contributed by atoms with Crippen molar-refractivity contribution in [2.75, 3.05) is 19.6 Å². The Kier molecular flexibility index (Phi) is 5.19. The summed E-state index contributed by atoms with van der Waals surface area (Å²) in [5.41, 5.74) is -1.04. The molecule has 2 N–H and O–H groups in total. The molecule has 1 aliphatic heterocycles. The van der Waals surface area contributed by atoms with Gasteiger partial charge in [0.05, 0.1) is 0 Å². The molecule has 1 amide bonds. The molecule has 1 saturated heterocycles. The Morgan fingerprint density at radius 2 is 1.85 bits per heavy atom. The zero-order valence-electron chi connectivity index (χ0n) is 13.3. The topological polar surface area (TPSA) is 69.6 Å². The molecule has 116 valence electrons. The van der Waals surface area contributed by atoms with Crippen LogP contribution in [0, 0.1) is 11.3 Å². The predicted molar refractivity (Wildman–Crippen MR) is 78.5 cm³/mol. The smallest absolute Gasteiger partial charge is 0.323 e. The number of aliphatic carboxylic acids is 1. The first-order valence-corrected chi connectivity index (χ1v) is 7.31. The first kappa shape index (κ1) is 17.0. The monoisotopic (exact) mass is 284 g/mol. The van der Waals surface area contributed by atoms with Crippen LogP contribution in [0.5, 0.6) is 0 Å². The summed E-state index contributed by atoms with van der Waals surface area (Å²) in [7, 11) is 0. The van der Waals surface area contributed by atoms with Crippen molar-refractivity contribution in [3.05, 3.63) is 0 Å². The number of carboxylic acids is 1. The quantitative estimate of drug-likeness (QED) is 0.825. The minimum absolute atomic E-state index is 0.0684. The SMILES string of the molecule is CC(C)(C(=O)N(CC(=O)O)C(C)(C)C)C1CCCNC1. The van der Waals surface area contributed by atoms with Crippen LogP contribution in [-0.4, -0.2) is 47.1 Å². The second-order valence-corrected chi connectivity index (χ2v) is 7.22. The van der Waals surface area contributed by atoms with Crippen molar-refractivity contribution < 1.29 is 14.7 Å². The van der Waals surface area contributed by atoms with E-state index in [4.69, 9.17) is 5.11 Å². The third kappa shape index (κ3) is 3.95. The van der Waals surface area contributed by atoms with Gasteiger partial charge in [-0.15, -0.1) is 0 Å². The molecule has 0 spiro atoms. The van der Waals surface area contributed by atoms with E-state index in [1.807, 2.05) is 34.6 Å². The van der Waals surface area contributed by atoms with E-state index in [1.165, 1.54) is 4.90 Å². The molecule has 0 radical (unpaired) electrons. The number of hydrogen-bond donors (Lipinski definition) is 2. The van der Waals surface area contributed by atoms with Gasteiger partial charge in [-0.05, 0) is 52.6 Å². The van der Waals surface area contributed by atoms with Crippen LogP contribution in [0.1, 0.15) is 47.5 Å². The molecule has 0 aromatic carbocycles. The van der Waals surface area contributed by atoms with Crippen molar-refractivity contribution in [2.24, 2.45) is 11.3 Å². The summed E-state index contributed by atoms with van der Waals surface area (Å²) >= 11 is 0. The van der Waals surface area contributed by atoms with E-state index in [9.17, 15) is 9.59 Å². The summed E-state index contributed by atoms with van der Waals surface area (Å²) < 4.78 is 0. The molecule has 20 heavy (non-hydrogen) atoms. The molecule has 1 aliphatic rings. The summed E-state index contributed by atoms with van der Waals surface area (Å²) in [5.74, 6) is -0.783. The summed E-state index contributed by atoms with van der Waals surface area (Å²) in [6.07, 6.45) is 2.08. The Hall–Kier alpha value is -1.10. The van der Waals surface area contributed by atoms with Crippen LogP contribution in [-0.2, 0) is 9.59 Å². The van der Waals surface area contributed by atoms with Gasteiger partial charge in [-0.1, -0.05) is 13.8 Å². The van der Waals surface area contributed by atoms with Crippen molar-refractivity contribution in [1.82, 2.24) is 10.2 Å². The normalized spacial score (nSPS) is 20.6. The van der Waals surface area contributed by atoms with Gasteiger partial charge in [-0.3, -0.25) is 9.59 Å². The molecule has 0 aromatic heterocycles. The second kappa shape index (κ2) is 6.12. The molecule has 0 aromatic rings. The van der Waals surface area contributed by atoms with Crippen LogP contribution in [0.3, 0.4) is 0 Å².